The Hall–Kier alpha value is -3.36. The number of carbonyl (C=O) groups is 1. The highest BCUT2D eigenvalue weighted by molar-refractivity contribution is 5.99. The number of quaternary nitrogens is 1. The van der Waals surface area contributed by atoms with E-state index in [9.17, 15) is 9.59 Å². The predicted molar refractivity (Wildman–Crippen MR) is 126 cm³/mol. The van der Waals surface area contributed by atoms with Gasteiger partial charge in [0.05, 0.1) is 57.0 Å². The molecular weight excluding hydrogens is 436 g/mol. The normalized spacial score (nSPS) is 18.4. The highest BCUT2D eigenvalue weighted by Gasteiger charge is 2.43. The van der Waals surface area contributed by atoms with E-state index in [4.69, 9.17) is 18.6 Å². The average Bonchev–Trinajstić information content (AvgIpc) is 3.15. The second kappa shape index (κ2) is 9.48. The molecule has 0 spiro atoms. The lowest BCUT2D eigenvalue weighted by Gasteiger charge is -2.29. The van der Waals surface area contributed by atoms with Crippen molar-refractivity contribution >= 4 is 16.9 Å². The van der Waals surface area contributed by atoms with Crippen molar-refractivity contribution in [3.63, 3.8) is 0 Å². The van der Waals surface area contributed by atoms with E-state index >= 15 is 0 Å². The van der Waals surface area contributed by atoms with Gasteiger partial charge < -0.3 is 28.4 Å². The number of ether oxygens (including phenoxy) is 3. The van der Waals surface area contributed by atoms with E-state index in [0.717, 1.165) is 25.2 Å². The van der Waals surface area contributed by atoms with Crippen LogP contribution in [0.25, 0.3) is 11.0 Å². The molecule has 1 amide bonds. The monoisotopic (exact) mass is 465 g/mol. The Bertz CT molecular complexity index is 1260. The van der Waals surface area contributed by atoms with Crippen LogP contribution in [0, 0.1) is 0 Å². The quantitative estimate of drug-likeness (QED) is 0.572. The van der Waals surface area contributed by atoms with E-state index in [1.54, 1.807) is 36.3 Å². The topological polar surface area (TPSA) is 82.7 Å². The second-order valence-corrected chi connectivity index (χ2v) is 8.53. The van der Waals surface area contributed by atoms with Gasteiger partial charge in [-0.25, -0.2) is 0 Å². The van der Waals surface area contributed by atoms with E-state index in [-0.39, 0.29) is 17.1 Å². The first kappa shape index (κ1) is 22.4. The second-order valence-electron chi connectivity index (χ2n) is 8.53. The number of hydrogen-bond donors (Lipinski definition) is 1. The summed E-state index contributed by atoms with van der Waals surface area (Å²) in [5, 5.41) is 0.470. The molecule has 1 saturated heterocycles. The smallest absolute Gasteiger partial charge is 0.291 e. The van der Waals surface area contributed by atoms with Crippen LogP contribution in [-0.4, -0.2) is 63.9 Å². The molecule has 3 aromatic rings. The van der Waals surface area contributed by atoms with Gasteiger partial charge in [-0.15, -0.1) is 0 Å². The molecule has 1 fully saturated rings. The zero-order chi connectivity index (χ0) is 23.7. The minimum Gasteiger partial charge on any atom is -0.493 e. The van der Waals surface area contributed by atoms with Gasteiger partial charge in [0, 0.05) is 0 Å². The van der Waals surface area contributed by atoms with Gasteiger partial charge in [-0.1, -0.05) is 18.2 Å². The van der Waals surface area contributed by atoms with Crippen molar-refractivity contribution in [3.05, 3.63) is 69.6 Å². The van der Waals surface area contributed by atoms with Crippen LogP contribution >= 0.6 is 0 Å². The zero-order valence-electron chi connectivity index (χ0n) is 19.5. The molecule has 0 bridgehead atoms. The zero-order valence-corrected chi connectivity index (χ0v) is 19.5. The van der Waals surface area contributed by atoms with Crippen molar-refractivity contribution in [1.82, 2.24) is 4.90 Å². The first-order valence-electron chi connectivity index (χ1n) is 11.7. The van der Waals surface area contributed by atoms with Crippen molar-refractivity contribution < 1.29 is 28.3 Å². The van der Waals surface area contributed by atoms with Crippen LogP contribution in [0.1, 0.15) is 34.6 Å². The number of para-hydroxylation sites is 1. The SMILES string of the molecule is CCOc1ccc([C@H]2c3c(oc4ccccc4c3=O)C(=O)N2CC[NH+]2CCOCC2)cc1OC. The standard InChI is InChI=1S/C26H28N2O6/c1-3-33-20-9-8-17(16-21(20)31-2)23-22-24(29)18-6-4-5-7-19(18)34-25(22)26(30)28(23)11-10-27-12-14-32-15-13-27/h4-9,16,23H,3,10-15H2,1-2H3/p+1/t23-/m0/s1. The van der Waals surface area contributed by atoms with Crippen LogP contribution < -0.4 is 19.8 Å². The lowest BCUT2D eigenvalue weighted by atomic mass is 9.98. The average molecular weight is 466 g/mol. The third kappa shape index (κ3) is 3.93. The van der Waals surface area contributed by atoms with E-state index < -0.39 is 6.04 Å². The van der Waals surface area contributed by atoms with Crippen molar-refractivity contribution in [3.8, 4) is 11.5 Å². The molecule has 2 aliphatic rings. The number of morpholine rings is 1. The van der Waals surface area contributed by atoms with Gasteiger partial charge in [-0.05, 0) is 36.8 Å². The summed E-state index contributed by atoms with van der Waals surface area (Å²) in [6.07, 6.45) is 0. The van der Waals surface area contributed by atoms with Gasteiger partial charge in [0.15, 0.2) is 16.9 Å². The summed E-state index contributed by atoms with van der Waals surface area (Å²) in [6, 6.07) is 12.1. The summed E-state index contributed by atoms with van der Waals surface area (Å²) >= 11 is 0. The summed E-state index contributed by atoms with van der Waals surface area (Å²) in [4.78, 5) is 30.3. The van der Waals surface area contributed by atoms with Crippen LogP contribution in [-0.2, 0) is 4.74 Å². The lowest BCUT2D eigenvalue weighted by Crippen LogP contribution is -3.14. The summed E-state index contributed by atoms with van der Waals surface area (Å²) in [5.41, 5.74) is 1.41. The highest BCUT2D eigenvalue weighted by Crippen LogP contribution is 2.40. The molecule has 178 valence electrons. The van der Waals surface area contributed by atoms with Crippen molar-refractivity contribution in [2.75, 3.05) is 53.1 Å². The molecule has 5 rings (SSSR count). The van der Waals surface area contributed by atoms with Crippen LogP contribution in [0.15, 0.2) is 51.7 Å². The maximum absolute atomic E-state index is 13.6. The Morgan fingerprint density at radius 1 is 1.09 bits per heavy atom. The molecule has 0 aliphatic carbocycles. The van der Waals surface area contributed by atoms with E-state index in [0.29, 0.717) is 54.4 Å². The number of amides is 1. The fraction of sp³-hybridized carbons (Fsp3) is 0.385. The Balaban J connectivity index is 1.60. The third-order valence-corrected chi connectivity index (χ3v) is 6.58. The summed E-state index contributed by atoms with van der Waals surface area (Å²) < 4.78 is 22.7. The third-order valence-electron chi connectivity index (χ3n) is 6.58. The van der Waals surface area contributed by atoms with Gasteiger partial charge >= 0.3 is 0 Å². The van der Waals surface area contributed by atoms with E-state index in [1.165, 1.54) is 4.90 Å². The Labute approximate surface area is 197 Å². The molecule has 1 aromatic heterocycles. The molecule has 0 saturated carbocycles. The molecule has 8 nitrogen and oxygen atoms in total. The Morgan fingerprint density at radius 3 is 2.65 bits per heavy atom. The number of methoxy groups -OCH3 is 1. The van der Waals surface area contributed by atoms with Gasteiger partial charge in [0.2, 0.25) is 5.76 Å². The van der Waals surface area contributed by atoms with Gasteiger partial charge in [0.25, 0.3) is 5.91 Å². The molecule has 1 atom stereocenters. The molecule has 1 N–H and O–H groups in total. The van der Waals surface area contributed by atoms with Gasteiger partial charge in [-0.3, -0.25) is 9.59 Å². The minimum atomic E-state index is -0.562. The Morgan fingerprint density at radius 2 is 1.88 bits per heavy atom. The molecule has 34 heavy (non-hydrogen) atoms. The number of carbonyl (C=O) groups excluding carboxylic acids is 1. The molecule has 0 radical (unpaired) electrons. The number of nitrogens with zero attached hydrogens (tertiary/aromatic N) is 1. The minimum absolute atomic E-state index is 0.124. The number of fused-ring (bicyclic) bond motifs is 2. The summed E-state index contributed by atoms with van der Waals surface area (Å²) in [6.45, 7) is 6.91. The van der Waals surface area contributed by atoms with Gasteiger partial charge in [-0.2, -0.15) is 0 Å². The number of hydrogen-bond acceptors (Lipinski definition) is 6. The number of rotatable bonds is 7. The van der Waals surface area contributed by atoms with Crippen LogP contribution in [0.3, 0.4) is 0 Å². The Kier molecular flexibility index (Phi) is 6.26. The maximum Gasteiger partial charge on any atom is 0.291 e. The van der Waals surface area contributed by atoms with Crippen molar-refractivity contribution in [2.24, 2.45) is 0 Å². The van der Waals surface area contributed by atoms with Crippen molar-refractivity contribution in [2.45, 2.75) is 13.0 Å². The number of nitrogens with one attached hydrogen (secondary N) is 1. The molecule has 3 heterocycles. The highest BCUT2D eigenvalue weighted by atomic mass is 16.5. The van der Waals surface area contributed by atoms with Crippen LogP contribution in [0.5, 0.6) is 11.5 Å². The van der Waals surface area contributed by atoms with Crippen molar-refractivity contribution in [1.29, 1.82) is 0 Å². The number of benzene rings is 2. The predicted octanol–water partition coefficient (Wildman–Crippen LogP) is 1.66. The summed E-state index contributed by atoms with van der Waals surface area (Å²) in [5.74, 6) is 1.04. The van der Waals surface area contributed by atoms with E-state index in [1.807, 2.05) is 25.1 Å². The molecule has 0 unspecified atom stereocenters. The maximum atomic E-state index is 13.6. The molecule has 8 heteroatoms. The fourth-order valence-corrected chi connectivity index (χ4v) is 4.86. The van der Waals surface area contributed by atoms with Crippen LogP contribution in [0.2, 0.25) is 0 Å². The molecule has 2 aromatic carbocycles. The largest absolute Gasteiger partial charge is 0.493 e. The first-order chi connectivity index (χ1) is 16.6. The lowest BCUT2D eigenvalue weighted by molar-refractivity contribution is -0.907. The summed E-state index contributed by atoms with van der Waals surface area (Å²) in [7, 11) is 1.58. The van der Waals surface area contributed by atoms with Crippen LogP contribution in [0.4, 0.5) is 0 Å². The van der Waals surface area contributed by atoms with Gasteiger partial charge in [0.1, 0.15) is 18.7 Å². The first-order valence-corrected chi connectivity index (χ1v) is 11.7. The van der Waals surface area contributed by atoms with E-state index in [2.05, 4.69) is 0 Å². The molecule has 2 aliphatic heterocycles. The molecular formula is C26H29N2O6+. The fourth-order valence-electron chi connectivity index (χ4n) is 4.86.